The number of hydrogen-bond donors (Lipinski definition) is 1. The van der Waals surface area contributed by atoms with Gasteiger partial charge < -0.3 is 5.32 Å². The number of carbonyl (C=O) groups is 1. The fraction of sp³-hybridized carbons (Fsp3) is 0.0667. The number of fused-ring (bicyclic) bond motifs is 3. The van der Waals surface area contributed by atoms with E-state index in [4.69, 9.17) is 0 Å². The van der Waals surface area contributed by atoms with Crippen molar-refractivity contribution in [1.29, 1.82) is 0 Å². The van der Waals surface area contributed by atoms with Crippen molar-refractivity contribution in [2.75, 3.05) is 0 Å². The van der Waals surface area contributed by atoms with Crippen LogP contribution in [0.3, 0.4) is 0 Å². The van der Waals surface area contributed by atoms with E-state index in [1.54, 1.807) is 23.5 Å². The van der Waals surface area contributed by atoms with Gasteiger partial charge in [-0.05, 0) is 23.8 Å². The van der Waals surface area contributed by atoms with Crippen molar-refractivity contribution >= 4 is 43.9 Å². The summed E-state index contributed by atoms with van der Waals surface area (Å²) in [6.45, 7) is 0.371. The van der Waals surface area contributed by atoms with Gasteiger partial charge in [-0.1, -0.05) is 12.1 Å². The molecule has 0 atom stereocenters. The first-order valence-electron chi connectivity index (χ1n) is 6.58. The van der Waals surface area contributed by atoms with Gasteiger partial charge in [0, 0.05) is 18.1 Å². The van der Waals surface area contributed by atoms with Crippen molar-refractivity contribution in [2.24, 2.45) is 0 Å². The molecule has 4 nitrogen and oxygen atoms in total. The Labute approximate surface area is 132 Å². The third-order valence-electron chi connectivity index (χ3n) is 3.33. The summed E-state index contributed by atoms with van der Waals surface area (Å²) in [5.74, 6) is -0.425. The van der Waals surface area contributed by atoms with Crippen LogP contribution < -0.4 is 5.32 Å². The topological polar surface area (TPSA) is 46.4 Å². The van der Waals surface area contributed by atoms with Gasteiger partial charge in [0.1, 0.15) is 10.6 Å². The van der Waals surface area contributed by atoms with Crippen LogP contribution in [0, 0.1) is 5.82 Å². The van der Waals surface area contributed by atoms with Gasteiger partial charge in [0.2, 0.25) is 0 Å². The van der Waals surface area contributed by atoms with Gasteiger partial charge in [-0.25, -0.2) is 9.37 Å². The van der Waals surface area contributed by atoms with E-state index in [0.29, 0.717) is 11.4 Å². The van der Waals surface area contributed by atoms with Crippen molar-refractivity contribution in [2.45, 2.75) is 6.54 Å². The van der Waals surface area contributed by atoms with Gasteiger partial charge in [-0.15, -0.1) is 22.7 Å². The molecule has 0 spiro atoms. The maximum Gasteiger partial charge on any atom is 0.261 e. The number of nitrogens with zero attached hydrogens (tertiary/aromatic N) is 2. The van der Waals surface area contributed by atoms with Gasteiger partial charge >= 0.3 is 0 Å². The first-order chi connectivity index (χ1) is 10.7. The van der Waals surface area contributed by atoms with Crippen molar-refractivity contribution in [3.8, 4) is 0 Å². The monoisotopic (exact) mass is 331 g/mol. The van der Waals surface area contributed by atoms with Crippen LogP contribution in [0.2, 0.25) is 0 Å². The van der Waals surface area contributed by atoms with Crippen LogP contribution in [-0.4, -0.2) is 15.3 Å². The van der Waals surface area contributed by atoms with Gasteiger partial charge in [-0.3, -0.25) is 9.20 Å². The lowest BCUT2D eigenvalue weighted by Gasteiger charge is -2.03. The van der Waals surface area contributed by atoms with E-state index in [2.05, 4.69) is 10.3 Å². The Morgan fingerprint density at radius 2 is 2.14 bits per heavy atom. The Morgan fingerprint density at radius 1 is 1.32 bits per heavy atom. The molecule has 0 saturated carbocycles. The third-order valence-corrected chi connectivity index (χ3v) is 5.10. The summed E-state index contributed by atoms with van der Waals surface area (Å²) in [5.41, 5.74) is 1.81. The highest BCUT2D eigenvalue weighted by atomic mass is 32.1. The maximum atomic E-state index is 12.8. The average molecular weight is 331 g/mol. The lowest BCUT2D eigenvalue weighted by Crippen LogP contribution is -2.21. The Kier molecular flexibility index (Phi) is 3.16. The number of rotatable bonds is 3. The molecule has 7 heteroatoms. The second kappa shape index (κ2) is 5.19. The number of imidazole rings is 1. The Bertz CT molecular complexity index is 968. The van der Waals surface area contributed by atoms with Crippen molar-refractivity contribution in [3.63, 3.8) is 0 Å². The first kappa shape index (κ1) is 13.4. The van der Waals surface area contributed by atoms with Crippen molar-refractivity contribution in [1.82, 2.24) is 14.7 Å². The minimum absolute atomic E-state index is 0.142. The molecule has 0 aliphatic carbocycles. The van der Waals surface area contributed by atoms with E-state index in [9.17, 15) is 9.18 Å². The van der Waals surface area contributed by atoms with Gasteiger partial charge in [0.15, 0.2) is 4.96 Å². The van der Waals surface area contributed by atoms with E-state index in [1.807, 2.05) is 22.0 Å². The molecular weight excluding hydrogens is 321 g/mol. The average Bonchev–Trinajstić information content (AvgIpc) is 3.17. The minimum Gasteiger partial charge on any atom is -0.347 e. The summed E-state index contributed by atoms with van der Waals surface area (Å²) in [5, 5.41) is 4.81. The van der Waals surface area contributed by atoms with E-state index in [-0.39, 0.29) is 11.7 Å². The van der Waals surface area contributed by atoms with Gasteiger partial charge in [0.05, 0.1) is 10.4 Å². The zero-order valence-electron chi connectivity index (χ0n) is 11.2. The van der Waals surface area contributed by atoms with E-state index >= 15 is 0 Å². The molecule has 4 aromatic rings. The molecule has 0 saturated heterocycles. The number of thiophene rings is 1. The highest BCUT2D eigenvalue weighted by molar-refractivity contribution is 7.21. The van der Waals surface area contributed by atoms with Crippen LogP contribution in [0.1, 0.15) is 15.2 Å². The molecular formula is C15H10FN3OS2. The molecule has 0 aliphatic heterocycles. The normalized spacial score (nSPS) is 11.3. The molecule has 0 aliphatic rings. The summed E-state index contributed by atoms with van der Waals surface area (Å²) in [6, 6.07) is 7.94. The molecule has 1 amide bonds. The number of benzene rings is 1. The number of halogens is 1. The highest BCUT2D eigenvalue weighted by Crippen LogP contribution is 2.28. The molecule has 0 fully saturated rings. The molecule has 1 N–H and O–H groups in total. The molecule has 1 aromatic carbocycles. The zero-order valence-corrected chi connectivity index (χ0v) is 12.9. The van der Waals surface area contributed by atoms with Crippen molar-refractivity contribution in [3.05, 3.63) is 58.2 Å². The van der Waals surface area contributed by atoms with Gasteiger partial charge in [0.25, 0.3) is 5.91 Å². The van der Waals surface area contributed by atoms with Crippen molar-refractivity contribution < 1.29 is 9.18 Å². The number of hydrogen-bond acceptors (Lipinski definition) is 4. The fourth-order valence-corrected chi connectivity index (χ4v) is 3.95. The lowest BCUT2D eigenvalue weighted by molar-refractivity contribution is 0.0955. The Hall–Kier alpha value is -2.25. The predicted octanol–water partition coefficient (Wildman–Crippen LogP) is 3.68. The first-order valence-corrected chi connectivity index (χ1v) is 8.28. The summed E-state index contributed by atoms with van der Waals surface area (Å²) >= 11 is 2.94. The van der Waals surface area contributed by atoms with E-state index in [1.165, 1.54) is 23.5 Å². The van der Waals surface area contributed by atoms with Crippen LogP contribution in [0.5, 0.6) is 0 Å². The Morgan fingerprint density at radius 3 is 2.95 bits per heavy atom. The lowest BCUT2D eigenvalue weighted by atomic mass is 10.2. The molecule has 110 valence electrons. The number of nitrogens with one attached hydrogen (secondary N) is 1. The fourth-order valence-electron chi connectivity index (χ4n) is 2.23. The third kappa shape index (κ3) is 2.28. The predicted molar refractivity (Wildman–Crippen MR) is 86.0 cm³/mol. The van der Waals surface area contributed by atoms with Crippen LogP contribution in [0.25, 0.3) is 15.3 Å². The summed E-state index contributed by atoms with van der Waals surface area (Å²) < 4.78 is 14.8. The number of aromatic nitrogens is 2. The quantitative estimate of drug-likeness (QED) is 0.622. The van der Waals surface area contributed by atoms with E-state index < -0.39 is 0 Å². The molecule has 22 heavy (non-hydrogen) atoms. The molecule has 3 heterocycles. The van der Waals surface area contributed by atoms with Crippen LogP contribution in [0.15, 0.2) is 41.9 Å². The van der Waals surface area contributed by atoms with Crippen LogP contribution in [0.4, 0.5) is 4.39 Å². The Balaban J connectivity index is 1.54. The second-order valence-electron chi connectivity index (χ2n) is 4.78. The molecule has 3 aromatic heterocycles. The standard InChI is InChI=1S/C15H10FN3OS2/c16-10-3-1-9(2-4-10)8-17-13(20)12-7-11-14(22-12)18-15-19(11)5-6-21-15/h1-7H,8H2,(H,17,20). The summed E-state index contributed by atoms with van der Waals surface area (Å²) in [4.78, 5) is 19.1. The molecule has 4 rings (SSSR count). The number of thiazole rings is 1. The minimum atomic E-state index is -0.282. The zero-order chi connectivity index (χ0) is 15.1. The largest absolute Gasteiger partial charge is 0.347 e. The number of carbonyl (C=O) groups excluding carboxylic acids is 1. The summed E-state index contributed by atoms with van der Waals surface area (Å²) in [7, 11) is 0. The van der Waals surface area contributed by atoms with Crippen LogP contribution in [-0.2, 0) is 6.54 Å². The molecule has 0 unspecified atom stereocenters. The molecule has 0 radical (unpaired) electrons. The van der Waals surface area contributed by atoms with Crippen LogP contribution >= 0.6 is 22.7 Å². The highest BCUT2D eigenvalue weighted by Gasteiger charge is 2.14. The van der Waals surface area contributed by atoms with Gasteiger partial charge in [-0.2, -0.15) is 0 Å². The van der Waals surface area contributed by atoms with E-state index in [0.717, 1.165) is 20.9 Å². The summed E-state index contributed by atoms with van der Waals surface area (Å²) in [6.07, 6.45) is 1.95. The number of amides is 1. The maximum absolute atomic E-state index is 12.8. The smallest absolute Gasteiger partial charge is 0.261 e. The SMILES string of the molecule is O=C(NCc1ccc(F)cc1)c1cc2c(nc3sccn32)s1. The molecule has 0 bridgehead atoms. The second-order valence-corrected chi connectivity index (χ2v) is 6.68.